The lowest BCUT2D eigenvalue weighted by molar-refractivity contribution is 0.355. The molecule has 142 valence electrons. The monoisotopic (exact) mass is 431 g/mol. The summed E-state index contributed by atoms with van der Waals surface area (Å²) in [5, 5.41) is 16.1. The molecule has 3 aromatic rings. The van der Waals surface area contributed by atoms with E-state index in [1.165, 1.54) is 11.3 Å². The van der Waals surface area contributed by atoms with Gasteiger partial charge in [-0.1, -0.05) is 23.2 Å². The number of allylic oxidation sites excluding steroid dienone is 1. The van der Waals surface area contributed by atoms with E-state index in [4.69, 9.17) is 32.7 Å². The molecule has 0 fully saturated rings. The first-order valence-electron chi connectivity index (χ1n) is 8.06. The van der Waals surface area contributed by atoms with Gasteiger partial charge >= 0.3 is 0 Å². The van der Waals surface area contributed by atoms with Gasteiger partial charge < -0.3 is 14.8 Å². The maximum absolute atomic E-state index is 9.52. The number of benzene rings is 2. The fourth-order valence-corrected chi connectivity index (χ4v) is 3.56. The van der Waals surface area contributed by atoms with Crippen molar-refractivity contribution in [2.75, 3.05) is 19.5 Å². The Morgan fingerprint density at radius 3 is 2.64 bits per heavy atom. The highest BCUT2D eigenvalue weighted by Gasteiger charge is 2.12. The number of ether oxygens (including phenoxy) is 2. The molecule has 0 aliphatic heterocycles. The number of rotatable bonds is 6. The van der Waals surface area contributed by atoms with Crippen molar-refractivity contribution in [3.05, 3.63) is 63.0 Å². The SMILES string of the molecule is COc1ccc(-c2csc(/C(C#N)=C\Nc3cc(Cl)ccc3Cl)n2)cc1OC. The van der Waals surface area contributed by atoms with Crippen molar-refractivity contribution >= 4 is 45.8 Å². The summed E-state index contributed by atoms with van der Waals surface area (Å²) >= 11 is 13.5. The Morgan fingerprint density at radius 1 is 1.14 bits per heavy atom. The number of hydrogen-bond acceptors (Lipinski definition) is 6. The van der Waals surface area contributed by atoms with Gasteiger partial charge in [-0.05, 0) is 36.4 Å². The molecule has 0 spiro atoms. The summed E-state index contributed by atoms with van der Waals surface area (Å²) in [7, 11) is 3.17. The van der Waals surface area contributed by atoms with Crippen LogP contribution < -0.4 is 14.8 Å². The topological polar surface area (TPSA) is 67.2 Å². The van der Waals surface area contributed by atoms with Crippen molar-refractivity contribution in [1.82, 2.24) is 4.98 Å². The minimum Gasteiger partial charge on any atom is -0.493 e. The average Bonchev–Trinajstić information content (AvgIpc) is 3.20. The average molecular weight is 432 g/mol. The van der Waals surface area contributed by atoms with Crippen molar-refractivity contribution in [1.29, 1.82) is 5.26 Å². The fourth-order valence-electron chi connectivity index (χ4n) is 2.43. The van der Waals surface area contributed by atoms with Crippen LogP contribution in [0.5, 0.6) is 11.5 Å². The van der Waals surface area contributed by atoms with E-state index in [1.807, 2.05) is 23.6 Å². The fraction of sp³-hybridized carbons (Fsp3) is 0.100. The number of nitrogens with zero attached hydrogens (tertiary/aromatic N) is 2. The molecular formula is C20H15Cl2N3O2S. The standard InChI is InChI=1S/C20H15Cl2N3O2S/c1-26-18-6-3-12(7-19(18)27-2)17-11-28-20(25-17)13(9-23)10-24-16-8-14(21)4-5-15(16)22/h3-8,10-11,24H,1-2H3/b13-10-. The third kappa shape index (κ3) is 4.39. The molecule has 0 saturated carbocycles. The maximum Gasteiger partial charge on any atom is 0.161 e. The summed E-state index contributed by atoms with van der Waals surface area (Å²) < 4.78 is 10.6. The molecule has 0 bridgehead atoms. The normalized spacial score (nSPS) is 11.0. The number of anilines is 1. The van der Waals surface area contributed by atoms with Crippen LogP contribution in [0.2, 0.25) is 10.0 Å². The van der Waals surface area contributed by atoms with Crippen LogP contribution in [-0.2, 0) is 0 Å². The molecular weight excluding hydrogens is 417 g/mol. The molecule has 1 heterocycles. The number of methoxy groups -OCH3 is 2. The van der Waals surface area contributed by atoms with Crippen LogP contribution in [0.15, 0.2) is 48.0 Å². The lowest BCUT2D eigenvalue weighted by Gasteiger charge is -2.08. The first-order valence-corrected chi connectivity index (χ1v) is 9.69. The zero-order valence-corrected chi connectivity index (χ0v) is 17.3. The first kappa shape index (κ1) is 20.0. The van der Waals surface area contributed by atoms with E-state index in [1.54, 1.807) is 38.6 Å². The van der Waals surface area contributed by atoms with Crippen LogP contribution in [0.1, 0.15) is 5.01 Å². The Labute approximate surface area is 176 Å². The van der Waals surface area contributed by atoms with E-state index in [-0.39, 0.29) is 0 Å². The lowest BCUT2D eigenvalue weighted by Crippen LogP contribution is -1.92. The number of nitriles is 1. The van der Waals surface area contributed by atoms with Crippen LogP contribution >= 0.6 is 34.5 Å². The number of halogens is 2. The second kappa shape index (κ2) is 8.98. The number of thiazole rings is 1. The van der Waals surface area contributed by atoms with Crippen LogP contribution in [0.4, 0.5) is 5.69 Å². The third-order valence-electron chi connectivity index (χ3n) is 3.83. The zero-order valence-electron chi connectivity index (χ0n) is 15.0. The van der Waals surface area contributed by atoms with Gasteiger partial charge in [0.15, 0.2) is 11.5 Å². The Bertz CT molecular complexity index is 1070. The predicted octanol–water partition coefficient (Wildman–Crippen LogP) is 6.11. The van der Waals surface area contributed by atoms with Crippen LogP contribution in [0.25, 0.3) is 16.8 Å². The third-order valence-corrected chi connectivity index (χ3v) is 5.28. The Kier molecular flexibility index (Phi) is 6.42. The van der Waals surface area contributed by atoms with Crippen molar-refractivity contribution < 1.29 is 9.47 Å². The maximum atomic E-state index is 9.52. The Balaban J connectivity index is 1.87. The van der Waals surface area contributed by atoms with Crippen LogP contribution in [0.3, 0.4) is 0 Å². The van der Waals surface area contributed by atoms with Gasteiger partial charge in [0.05, 0.1) is 30.6 Å². The predicted molar refractivity (Wildman–Crippen MR) is 114 cm³/mol. The highest BCUT2D eigenvalue weighted by atomic mass is 35.5. The molecule has 1 N–H and O–H groups in total. The van der Waals surface area contributed by atoms with E-state index in [9.17, 15) is 5.26 Å². The van der Waals surface area contributed by atoms with Gasteiger partial charge in [-0.15, -0.1) is 11.3 Å². The largest absolute Gasteiger partial charge is 0.493 e. The smallest absolute Gasteiger partial charge is 0.161 e. The molecule has 0 aliphatic carbocycles. The van der Waals surface area contributed by atoms with E-state index >= 15 is 0 Å². The summed E-state index contributed by atoms with van der Waals surface area (Å²) in [6, 6.07) is 12.8. The van der Waals surface area contributed by atoms with Crippen LogP contribution in [0, 0.1) is 11.3 Å². The van der Waals surface area contributed by atoms with Gasteiger partial charge in [0, 0.05) is 22.2 Å². The van der Waals surface area contributed by atoms with Crippen molar-refractivity contribution in [3.63, 3.8) is 0 Å². The molecule has 2 aromatic carbocycles. The van der Waals surface area contributed by atoms with Gasteiger partial charge in [-0.2, -0.15) is 5.26 Å². The second-order valence-corrected chi connectivity index (χ2v) is 7.25. The molecule has 0 aliphatic rings. The molecule has 1 aromatic heterocycles. The summed E-state index contributed by atoms with van der Waals surface area (Å²) in [6.45, 7) is 0. The van der Waals surface area contributed by atoms with Gasteiger partial charge in [-0.25, -0.2) is 4.98 Å². The minimum atomic E-state index is 0.382. The summed E-state index contributed by atoms with van der Waals surface area (Å²) in [5.41, 5.74) is 2.59. The summed E-state index contributed by atoms with van der Waals surface area (Å²) in [5.74, 6) is 1.25. The van der Waals surface area contributed by atoms with Gasteiger partial charge in [0.1, 0.15) is 16.6 Å². The van der Waals surface area contributed by atoms with Crippen LogP contribution in [-0.4, -0.2) is 19.2 Å². The molecule has 0 saturated heterocycles. The highest BCUT2D eigenvalue weighted by molar-refractivity contribution is 7.11. The zero-order chi connectivity index (χ0) is 20.1. The Hall–Kier alpha value is -2.72. The molecule has 5 nitrogen and oxygen atoms in total. The van der Waals surface area contributed by atoms with Crippen molar-refractivity contribution in [2.24, 2.45) is 0 Å². The Morgan fingerprint density at radius 2 is 1.93 bits per heavy atom. The molecule has 0 unspecified atom stereocenters. The minimum absolute atomic E-state index is 0.382. The summed E-state index contributed by atoms with van der Waals surface area (Å²) in [4.78, 5) is 4.57. The highest BCUT2D eigenvalue weighted by Crippen LogP contribution is 2.34. The number of aromatic nitrogens is 1. The molecule has 0 radical (unpaired) electrons. The molecule has 0 atom stereocenters. The second-order valence-electron chi connectivity index (χ2n) is 5.55. The van der Waals surface area contributed by atoms with E-state index < -0.39 is 0 Å². The molecule has 8 heteroatoms. The van der Waals surface area contributed by atoms with Crippen molar-refractivity contribution in [3.8, 4) is 28.8 Å². The van der Waals surface area contributed by atoms with E-state index in [2.05, 4.69) is 16.4 Å². The van der Waals surface area contributed by atoms with Crippen molar-refractivity contribution in [2.45, 2.75) is 0 Å². The van der Waals surface area contributed by atoms with Gasteiger partial charge in [0.25, 0.3) is 0 Å². The summed E-state index contributed by atoms with van der Waals surface area (Å²) in [6.07, 6.45) is 1.56. The number of hydrogen-bond donors (Lipinski definition) is 1. The lowest BCUT2D eigenvalue weighted by atomic mass is 10.1. The first-order chi connectivity index (χ1) is 13.5. The van der Waals surface area contributed by atoms with Gasteiger partial charge in [0.2, 0.25) is 0 Å². The van der Waals surface area contributed by atoms with E-state index in [0.29, 0.717) is 37.8 Å². The number of nitrogens with one attached hydrogen (secondary N) is 1. The molecule has 3 rings (SSSR count). The van der Waals surface area contributed by atoms with Gasteiger partial charge in [-0.3, -0.25) is 0 Å². The quantitative estimate of drug-likeness (QED) is 0.476. The van der Waals surface area contributed by atoms with E-state index in [0.717, 1.165) is 11.3 Å². The molecule has 0 amide bonds. The molecule has 28 heavy (non-hydrogen) atoms.